The van der Waals surface area contributed by atoms with Crippen molar-refractivity contribution in [1.29, 1.82) is 0 Å². The zero-order valence-corrected chi connectivity index (χ0v) is 15.2. The van der Waals surface area contributed by atoms with Gasteiger partial charge >= 0.3 is 0 Å². The molecule has 1 aromatic heterocycles. The van der Waals surface area contributed by atoms with Crippen molar-refractivity contribution in [1.82, 2.24) is 14.9 Å². The van der Waals surface area contributed by atoms with E-state index in [9.17, 15) is 13.2 Å². The van der Waals surface area contributed by atoms with Crippen LogP contribution >= 0.6 is 11.6 Å². The van der Waals surface area contributed by atoms with Gasteiger partial charge in [-0.1, -0.05) is 23.7 Å². The molecule has 1 amide bonds. The minimum atomic E-state index is -4.13. The molecule has 7 nitrogen and oxygen atoms in total. The van der Waals surface area contributed by atoms with E-state index in [0.29, 0.717) is 17.0 Å². The first-order valence-electron chi connectivity index (χ1n) is 7.57. The molecular weight excluding hydrogens is 366 g/mol. The van der Waals surface area contributed by atoms with Crippen LogP contribution in [0.1, 0.15) is 40.5 Å². The van der Waals surface area contributed by atoms with E-state index >= 15 is 0 Å². The number of ether oxygens (including phenoxy) is 1. The van der Waals surface area contributed by atoms with Crippen molar-refractivity contribution < 1.29 is 17.9 Å². The van der Waals surface area contributed by atoms with Gasteiger partial charge in [0.05, 0.1) is 12.1 Å². The van der Waals surface area contributed by atoms with Gasteiger partial charge < -0.3 is 4.74 Å². The van der Waals surface area contributed by atoms with Gasteiger partial charge in [-0.25, -0.2) is 13.1 Å². The normalized spacial score (nSPS) is 14.2. The second kappa shape index (κ2) is 6.61. The molecule has 132 valence electrons. The van der Waals surface area contributed by atoms with Gasteiger partial charge in [0.1, 0.15) is 16.3 Å². The number of sulfonamides is 1. The number of halogens is 1. The van der Waals surface area contributed by atoms with E-state index in [2.05, 4.69) is 10.2 Å². The van der Waals surface area contributed by atoms with Crippen LogP contribution in [0.4, 0.5) is 0 Å². The van der Waals surface area contributed by atoms with E-state index in [4.69, 9.17) is 16.3 Å². The third-order valence-corrected chi connectivity index (χ3v) is 5.86. The number of hydrogen-bond donors (Lipinski definition) is 1. The molecule has 0 bridgehead atoms. The van der Waals surface area contributed by atoms with Gasteiger partial charge in [-0.3, -0.25) is 4.79 Å². The minimum Gasteiger partial charge on any atom is -0.495 e. The molecule has 1 N–H and O–H groups in total. The van der Waals surface area contributed by atoms with E-state index in [1.807, 2.05) is 4.72 Å². The highest BCUT2D eigenvalue weighted by Crippen LogP contribution is 2.42. The van der Waals surface area contributed by atoms with Crippen molar-refractivity contribution in [2.24, 2.45) is 0 Å². The Bertz CT molecular complexity index is 942. The first-order valence-corrected chi connectivity index (χ1v) is 9.43. The van der Waals surface area contributed by atoms with Crippen LogP contribution in [0.3, 0.4) is 0 Å². The van der Waals surface area contributed by atoms with Crippen molar-refractivity contribution in [2.75, 3.05) is 7.11 Å². The summed E-state index contributed by atoms with van der Waals surface area (Å²) in [4.78, 5) is 12.1. The zero-order chi connectivity index (χ0) is 18.2. The Hall–Kier alpha value is -2.19. The summed E-state index contributed by atoms with van der Waals surface area (Å²) >= 11 is 6.04. The lowest BCUT2D eigenvalue weighted by molar-refractivity contribution is 0.0975. The van der Waals surface area contributed by atoms with Crippen molar-refractivity contribution >= 4 is 27.5 Å². The predicted molar refractivity (Wildman–Crippen MR) is 91.4 cm³/mol. The molecule has 1 aliphatic rings. The van der Waals surface area contributed by atoms with Crippen LogP contribution in [-0.4, -0.2) is 31.6 Å². The molecule has 0 atom stereocenters. The number of nitrogens with one attached hydrogen (secondary N) is 1. The van der Waals surface area contributed by atoms with Crippen molar-refractivity contribution in [3.8, 4) is 5.75 Å². The summed E-state index contributed by atoms with van der Waals surface area (Å²) in [6.07, 6.45) is 1.99. The summed E-state index contributed by atoms with van der Waals surface area (Å²) in [5, 5.41) is 7.90. The Balaban J connectivity index is 1.87. The Morgan fingerprint density at radius 3 is 2.68 bits per heavy atom. The lowest BCUT2D eigenvalue weighted by Crippen LogP contribution is -2.31. The fourth-order valence-corrected chi connectivity index (χ4v) is 3.90. The highest BCUT2D eigenvalue weighted by atomic mass is 35.5. The van der Waals surface area contributed by atoms with Gasteiger partial charge in [0, 0.05) is 12.0 Å². The minimum absolute atomic E-state index is 0.0653. The lowest BCUT2D eigenvalue weighted by atomic mass is 10.2. The average Bonchev–Trinajstić information content (AvgIpc) is 3.41. The second-order valence-corrected chi connectivity index (χ2v) is 7.81. The highest BCUT2D eigenvalue weighted by molar-refractivity contribution is 7.90. The van der Waals surface area contributed by atoms with E-state index in [1.54, 1.807) is 19.1 Å². The Morgan fingerprint density at radius 1 is 1.32 bits per heavy atom. The summed E-state index contributed by atoms with van der Waals surface area (Å²) in [5.74, 6) is -0.186. The van der Waals surface area contributed by atoms with E-state index in [0.717, 1.165) is 12.8 Å². The predicted octanol–water partition coefficient (Wildman–Crippen LogP) is 2.44. The standard InChI is InChI=1S/C16H16ClN3O4S/c1-9-4-3-5-13(14(9)17)25(22,23)20-16(21)11-8-12(24-2)15(19-18-11)10-6-7-10/h3-5,8,10H,6-7H2,1-2H3,(H,20,21). The number of amides is 1. The highest BCUT2D eigenvalue weighted by Gasteiger charge is 2.30. The van der Waals surface area contributed by atoms with Crippen LogP contribution in [0.25, 0.3) is 0 Å². The maximum atomic E-state index is 12.4. The average molecular weight is 382 g/mol. The monoisotopic (exact) mass is 381 g/mol. The number of benzene rings is 1. The van der Waals surface area contributed by atoms with Crippen LogP contribution in [0.2, 0.25) is 5.02 Å². The molecule has 1 saturated carbocycles. The molecule has 25 heavy (non-hydrogen) atoms. The number of methoxy groups -OCH3 is 1. The summed E-state index contributed by atoms with van der Waals surface area (Å²) in [6.45, 7) is 1.68. The molecule has 1 fully saturated rings. The summed E-state index contributed by atoms with van der Waals surface area (Å²) in [6, 6.07) is 5.94. The van der Waals surface area contributed by atoms with Crippen LogP contribution in [0.15, 0.2) is 29.2 Å². The van der Waals surface area contributed by atoms with Gasteiger partial charge in [0.25, 0.3) is 15.9 Å². The third kappa shape index (κ3) is 3.59. The van der Waals surface area contributed by atoms with Crippen LogP contribution in [-0.2, 0) is 10.0 Å². The number of rotatable bonds is 5. The molecule has 0 spiro atoms. The third-order valence-electron chi connectivity index (χ3n) is 3.88. The van der Waals surface area contributed by atoms with Crippen LogP contribution in [0.5, 0.6) is 5.75 Å². The van der Waals surface area contributed by atoms with Gasteiger partial charge in [-0.15, -0.1) is 5.10 Å². The Morgan fingerprint density at radius 2 is 2.04 bits per heavy atom. The first kappa shape index (κ1) is 17.6. The summed E-state index contributed by atoms with van der Waals surface area (Å²) < 4.78 is 32.1. The molecule has 0 aliphatic heterocycles. The smallest absolute Gasteiger partial charge is 0.285 e. The molecular formula is C16H16ClN3O4S. The number of aryl methyl sites for hydroxylation is 1. The maximum Gasteiger partial charge on any atom is 0.285 e. The van der Waals surface area contributed by atoms with E-state index in [1.165, 1.54) is 19.2 Å². The quantitative estimate of drug-likeness (QED) is 0.854. The molecule has 0 radical (unpaired) electrons. The van der Waals surface area contributed by atoms with Gasteiger partial charge in [0.15, 0.2) is 5.69 Å². The van der Waals surface area contributed by atoms with Gasteiger partial charge in [0.2, 0.25) is 0 Å². The fourth-order valence-electron chi connectivity index (χ4n) is 2.36. The number of aromatic nitrogens is 2. The lowest BCUT2D eigenvalue weighted by Gasteiger charge is -2.10. The van der Waals surface area contributed by atoms with Crippen LogP contribution < -0.4 is 9.46 Å². The number of nitrogens with zero attached hydrogens (tertiary/aromatic N) is 2. The van der Waals surface area contributed by atoms with E-state index in [-0.39, 0.29) is 21.5 Å². The molecule has 3 rings (SSSR count). The maximum absolute atomic E-state index is 12.4. The molecule has 0 saturated heterocycles. The Labute approximate surface area is 150 Å². The van der Waals surface area contributed by atoms with Crippen molar-refractivity contribution in [3.63, 3.8) is 0 Å². The topological polar surface area (TPSA) is 98.2 Å². The molecule has 2 aromatic rings. The summed E-state index contributed by atoms with van der Waals surface area (Å²) in [7, 11) is -2.67. The van der Waals surface area contributed by atoms with Crippen molar-refractivity contribution in [2.45, 2.75) is 30.6 Å². The molecule has 9 heteroatoms. The Kier molecular flexibility index (Phi) is 4.66. The SMILES string of the molecule is COc1cc(C(=O)NS(=O)(=O)c2cccc(C)c2Cl)nnc1C1CC1. The summed E-state index contributed by atoms with van der Waals surface area (Å²) in [5.41, 5.74) is 1.13. The molecule has 1 heterocycles. The second-order valence-electron chi connectivity index (χ2n) is 5.78. The zero-order valence-electron chi connectivity index (χ0n) is 13.6. The number of carbonyl (C=O) groups excluding carboxylic acids is 1. The number of carbonyl (C=O) groups is 1. The van der Waals surface area contributed by atoms with Crippen LogP contribution in [0, 0.1) is 6.92 Å². The fraction of sp³-hybridized carbons (Fsp3) is 0.312. The van der Waals surface area contributed by atoms with Gasteiger partial charge in [-0.05, 0) is 31.4 Å². The first-order chi connectivity index (χ1) is 11.8. The largest absolute Gasteiger partial charge is 0.495 e. The van der Waals surface area contributed by atoms with E-state index < -0.39 is 15.9 Å². The molecule has 1 aliphatic carbocycles. The van der Waals surface area contributed by atoms with Gasteiger partial charge in [-0.2, -0.15) is 5.10 Å². The van der Waals surface area contributed by atoms with Crippen molar-refractivity contribution in [3.05, 3.63) is 46.2 Å². The molecule has 0 unspecified atom stereocenters. The molecule has 1 aromatic carbocycles. The number of hydrogen-bond acceptors (Lipinski definition) is 6.